The Kier molecular flexibility index (Phi) is 2.52. The average molecular weight is 215 g/mol. The number of aldehydes is 1. The lowest BCUT2D eigenvalue weighted by Gasteiger charge is -2.13. The molecule has 3 nitrogen and oxygen atoms in total. The van der Waals surface area contributed by atoms with Crippen molar-refractivity contribution in [3.8, 4) is 5.75 Å². The molecule has 2 aromatic rings. The van der Waals surface area contributed by atoms with Crippen molar-refractivity contribution >= 4 is 22.7 Å². The molecule has 0 aromatic heterocycles. The molecule has 0 heterocycles. The molecule has 0 aliphatic carbocycles. The molecule has 0 aliphatic heterocycles. The highest BCUT2D eigenvalue weighted by Crippen LogP contribution is 2.28. The molecule has 0 unspecified atom stereocenters. The standard InChI is InChI=1S/C13H13NO2/c1-14(2)10-4-5-11-9(7-10)3-6-13(16)12(11)8-15/h3-8,16H,1-2H3. The van der Waals surface area contributed by atoms with Gasteiger partial charge in [0.05, 0.1) is 5.56 Å². The fraction of sp³-hybridized carbons (Fsp3) is 0.154. The number of benzene rings is 2. The molecule has 0 fully saturated rings. The third-order valence-electron chi connectivity index (χ3n) is 2.66. The van der Waals surface area contributed by atoms with Gasteiger partial charge in [-0.15, -0.1) is 0 Å². The van der Waals surface area contributed by atoms with Crippen LogP contribution in [0.5, 0.6) is 5.75 Å². The predicted octanol–water partition coefficient (Wildman–Crippen LogP) is 2.42. The number of aromatic hydroxyl groups is 1. The summed E-state index contributed by atoms with van der Waals surface area (Å²) in [7, 11) is 3.92. The quantitative estimate of drug-likeness (QED) is 0.782. The molecule has 0 aliphatic rings. The molecule has 0 atom stereocenters. The highest BCUT2D eigenvalue weighted by Gasteiger charge is 2.06. The summed E-state index contributed by atoms with van der Waals surface area (Å²) in [5.41, 5.74) is 1.41. The summed E-state index contributed by atoms with van der Waals surface area (Å²) < 4.78 is 0. The summed E-state index contributed by atoms with van der Waals surface area (Å²) in [5, 5.41) is 11.3. The molecular formula is C13H13NO2. The maximum atomic E-state index is 10.9. The summed E-state index contributed by atoms with van der Waals surface area (Å²) in [6, 6.07) is 9.13. The van der Waals surface area contributed by atoms with E-state index in [0.29, 0.717) is 11.8 Å². The van der Waals surface area contributed by atoms with Crippen LogP contribution in [-0.2, 0) is 0 Å². The molecule has 0 radical (unpaired) electrons. The Bertz CT molecular complexity index is 547. The largest absolute Gasteiger partial charge is 0.507 e. The maximum Gasteiger partial charge on any atom is 0.154 e. The van der Waals surface area contributed by atoms with Crippen molar-refractivity contribution in [2.45, 2.75) is 0 Å². The molecule has 2 aromatic carbocycles. The number of hydrogen-bond donors (Lipinski definition) is 1. The number of carbonyl (C=O) groups is 1. The van der Waals surface area contributed by atoms with Crippen molar-refractivity contribution in [1.29, 1.82) is 0 Å². The van der Waals surface area contributed by atoms with E-state index >= 15 is 0 Å². The fourth-order valence-electron chi connectivity index (χ4n) is 1.73. The molecule has 3 heteroatoms. The van der Waals surface area contributed by atoms with E-state index in [2.05, 4.69) is 0 Å². The molecular weight excluding hydrogens is 202 g/mol. The number of phenolic OH excluding ortho intramolecular Hbond substituents is 1. The van der Waals surface area contributed by atoms with Crippen LogP contribution in [0.3, 0.4) is 0 Å². The van der Waals surface area contributed by atoms with Gasteiger partial charge < -0.3 is 10.0 Å². The number of phenols is 1. The van der Waals surface area contributed by atoms with Gasteiger partial charge in [-0.1, -0.05) is 12.1 Å². The third kappa shape index (κ3) is 1.60. The van der Waals surface area contributed by atoms with E-state index in [1.54, 1.807) is 6.07 Å². The lowest BCUT2D eigenvalue weighted by molar-refractivity contribution is 0.112. The van der Waals surface area contributed by atoms with Crippen LogP contribution >= 0.6 is 0 Å². The van der Waals surface area contributed by atoms with Crippen LogP contribution in [0, 0.1) is 0 Å². The van der Waals surface area contributed by atoms with Crippen LogP contribution in [-0.4, -0.2) is 25.5 Å². The Hall–Kier alpha value is -2.03. The number of nitrogens with zero attached hydrogens (tertiary/aromatic N) is 1. The van der Waals surface area contributed by atoms with Crippen molar-refractivity contribution in [2.75, 3.05) is 19.0 Å². The van der Waals surface area contributed by atoms with E-state index in [-0.39, 0.29) is 5.75 Å². The van der Waals surface area contributed by atoms with Gasteiger partial charge in [0.2, 0.25) is 0 Å². The number of carbonyl (C=O) groups excluding carboxylic acids is 1. The van der Waals surface area contributed by atoms with Gasteiger partial charge in [0.1, 0.15) is 5.75 Å². The first kappa shape index (κ1) is 10.5. The Labute approximate surface area is 93.9 Å². The summed E-state index contributed by atoms with van der Waals surface area (Å²) in [6.45, 7) is 0. The Morgan fingerprint density at radius 1 is 1.19 bits per heavy atom. The summed E-state index contributed by atoms with van der Waals surface area (Å²) in [4.78, 5) is 12.9. The summed E-state index contributed by atoms with van der Waals surface area (Å²) >= 11 is 0. The van der Waals surface area contributed by atoms with Crippen LogP contribution in [0.25, 0.3) is 10.8 Å². The monoisotopic (exact) mass is 215 g/mol. The number of anilines is 1. The van der Waals surface area contributed by atoms with Crippen molar-refractivity contribution < 1.29 is 9.90 Å². The highest BCUT2D eigenvalue weighted by atomic mass is 16.3. The fourth-order valence-corrected chi connectivity index (χ4v) is 1.73. The van der Waals surface area contributed by atoms with Crippen molar-refractivity contribution in [3.63, 3.8) is 0 Å². The smallest absolute Gasteiger partial charge is 0.154 e. The molecule has 0 bridgehead atoms. The lowest BCUT2D eigenvalue weighted by atomic mass is 10.0. The molecule has 0 saturated carbocycles. The first-order valence-corrected chi connectivity index (χ1v) is 5.01. The van der Waals surface area contributed by atoms with E-state index in [1.807, 2.05) is 43.3 Å². The van der Waals surface area contributed by atoms with Gasteiger partial charge in [-0.3, -0.25) is 4.79 Å². The van der Waals surface area contributed by atoms with E-state index < -0.39 is 0 Å². The number of hydrogen-bond acceptors (Lipinski definition) is 3. The average Bonchev–Trinajstić information content (AvgIpc) is 2.28. The zero-order valence-corrected chi connectivity index (χ0v) is 9.27. The molecule has 2 rings (SSSR count). The topological polar surface area (TPSA) is 40.5 Å². The van der Waals surface area contributed by atoms with Crippen LogP contribution < -0.4 is 4.90 Å². The van der Waals surface area contributed by atoms with E-state index in [4.69, 9.17) is 0 Å². The molecule has 0 spiro atoms. The van der Waals surface area contributed by atoms with E-state index in [9.17, 15) is 9.90 Å². The van der Waals surface area contributed by atoms with Gasteiger partial charge in [-0.05, 0) is 29.0 Å². The van der Waals surface area contributed by atoms with Gasteiger partial charge >= 0.3 is 0 Å². The van der Waals surface area contributed by atoms with Gasteiger partial charge in [0.25, 0.3) is 0 Å². The Morgan fingerprint density at radius 2 is 1.94 bits per heavy atom. The zero-order valence-electron chi connectivity index (χ0n) is 9.27. The summed E-state index contributed by atoms with van der Waals surface area (Å²) in [6.07, 6.45) is 0.687. The molecule has 0 amide bonds. The molecule has 0 saturated heterocycles. The van der Waals surface area contributed by atoms with Gasteiger partial charge in [-0.25, -0.2) is 0 Å². The van der Waals surface area contributed by atoms with Crippen LogP contribution in [0.4, 0.5) is 5.69 Å². The molecule has 16 heavy (non-hydrogen) atoms. The van der Waals surface area contributed by atoms with E-state index in [1.165, 1.54) is 0 Å². The Morgan fingerprint density at radius 3 is 2.56 bits per heavy atom. The molecule has 1 N–H and O–H groups in total. The predicted molar refractivity (Wildman–Crippen MR) is 65.3 cm³/mol. The zero-order chi connectivity index (χ0) is 11.7. The van der Waals surface area contributed by atoms with Crippen LogP contribution in [0.1, 0.15) is 10.4 Å². The third-order valence-corrected chi connectivity index (χ3v) is 2.66. The second-order valence-electron chi connectivity index (χ2n) is 3.92. The van der Waals surface area contributed by atoms with Crippen LogP contribution in [0.15, 0.2) is 30.3 Å². The first-order valence-electron chi connectivity index (χ1n) is 5.01. The second kappa shape index (κ2) is 3.85. The first-order chi connectivity index (χ1) is 7.63. The minimum absolute atomic E-state index is 0.0279. The highest BCUT2D eigenvalue weighted by molar-refractivity contribution is 6.01. The lowest BCUT2D eigenvalue weighted by Crippen LogP contribution is -2.08. The van der Waals surface area contributed by atoms with Crippen LogP contribution in [0.2, 0.25) is 0 Å². The normalized spacial score (nSPS) is 10.4. The molecule has 82 valence electrons. The number of rotatable bonds is 2. The van der Waals surface area contributed by atoms with Crippen molar-refractivity contribution in [3.05, 3.63) is 35.9 Å². The minimum Gasteiger partial charge on any atom is -0.507 e. The van der Waals surface area contributed by atoms with Gasteiger partial charge in [0.15, 0.2) is 6.29 Å². The van der Waals surface area contributed by atoms with Crippen molar-refractivity contribution in [2.24, 2.45) is 0 Å². The summed E-state index contributed by atoms with van der Waals surface area (Å²) in [5.74, 6) is 0.0279. The number of fused-ring (bicyclic) bond motifs is 1. The SMILES string of the molecule is CN(C)c1ccc2c(C=O)c(O)ccc2c1. The maximum absolute atomic E-state index is 10.9. The Balaban J connectivity index is 2.73. The minimum atomic E-state index is 0.0279. The van der Waals surface area contributed by atoms with Gasteiger partial charge in [-0.2, -0.15) is 0 Å². The van der Waals surface area contributed by atoms with Gasteiger partial charge in [0, 0.05) is 19.8 Å². The van der Waals surface area contributed by atoms with Crippen molar-refractivity contribution in [1.82, 2.24) is 0 Å². The second-order valence-corrected chi connectivity index (χ2v) is 3.92. The van der Waals surface area contributed by atoms with E-state index in [0.717, 1.165) is 16.5 Å².